The van der Waals surface area contributed by atoms with Gasteiger partial charge in [-0.15, -0.1) is 11.8 Å². The molecule has 0 radical (unpaired) electrons. The van der Waals surface area contributed by atoms with E-state index < -0.39 is 0 Å². The lowest BCUT2D eigenvalue weighted by atomic mass is 10.1. The van der Waals surface area contributed by atoms with Crippen molar-refractivity contribution in [3.63, 3.8) is 0 Å². The zero-order valence-corrected chi connectivity index (χ0v) is 19.3. The molecule has 2 amide bonds. The zero-order valence-electron chi connectivity index (χ0n) is 18.5. The van der Waals surface area contributed by atoms with Gasteiger partial charge in [-0.05, 0) is 74.5 Å². The largest absolute Gasteiger partial charge is 0.497 e. The van der Waals surface area contributed by atoms with Crippen LogP contribution in [0.15, 0.2) is 53.4 Å². The summed E-state index contributed by atoms with van der Waals surface area (Å²) in [6.07, 6.45) is 1.80. The Hall–Kier alpha value is -2.71. The first kappa shape index (κ1) is 22.5. The third-order valence-corrected chi connectivity index (χ3v) is 7.08. The molecule has 7 nitrogen and oxygen atoms in total. The van der Waals surface area contributed by atoms with E-state index in [1.54, 1.807) is 12.0 Å². The van der Waals surface area contributed by atoms with Gasteiger partial charge in [-0.3, -0.25) is 14.6 Å². The third kappa shape index (κ3) is 5.75. The van der Waals surface area contributed by atoms with Crippen molar-refractivity contribution in [1.82, 2.24) is 4.90 Å². The lowest BCUT2D eigenvalue weighted by molar-refractivity contribution is -0.114. The molecular weight excluding hydrogens is 426 g/mol. The summed E-state index contributed by atoms with van der Waals surface area (Å²) < 4.78 is 10.8. The highest BCUT2D eigenvalue weighted by atomic mass is 32.2. The summed E-state index contributed by atoms with van der Waals surface area (Å²) in [5.41, 5.74) is 1.66. The van der Waals surface area contributed by atoms with Crippen LogP contribution < -0.4 is 15.0 Å². The number of carbonyl (C=O) groups is 2. The second kappa shape index (κ2) is 10.3. The highest BCUT2D eigenvalue weighted by Crippen LogP contribution is 2.32. The second-order valence-corrected chi connectivity index (χ2v) is 9.51. The molecule has 0 unspecified atom stereocenters. The van der Waals surface area contributed by atoms with Crippen molar-refractivity contribution in [1.29, 1.82) is 0 Å². The first-order chi connectivity index (χ1) is 15.5. The molecule has 2 aromatic carbocycles. The van der Waals surface area contributed by atoms with Crippen LogP contribution in [0, 0.1) is 0 Å². The molecule has 0 saturated carbocycles. The second-order valence-electron chi connectivity index (χ2n) is 8.14. The van der Waals surface area contributed by atoms with E-state index in [9.17, 15) is 9.59 Å². The average molecular weight is 456 g/mol. The molecule has 0 aromatic heterocycles. The van der Waals surface area contributed by atoms with Crippen molar-refractivity contribution in [3.8, 4) is 5.75 Å². The number of rotatable bonds is 7. The molecule has 2 aliphatic rings. The van der Waals surface area contributed by atoms with E-state index in [0.29, 0.717) is 11.8 Å². The molecule has 2 heterocycles. The number of hydrogen-bond donors (Lipinski definition) is 1. The topological polar surface area (TPSA) is 71.1 Å². The van der Waals surface area contributed by atoms with Gasteiger partial charge in [0.2, 0.25) is 5.91 Å². The quantitative estimate of drug-likeness (QED) is 0.674. The van der Waals surface area contributed by atoms with E-state index in [1.165, 1.54) is 11.8 Å². The molecule has 2 aromatic rings. The number of amides is 2. The van der Waals surface area contributed by atoms with E-state index in [0.717, 1.165) is 49.6 Å². The molecule has 0 spiro atoms. The summed E-state index contributed by atoms with van der Waals surface area (Å²) in [6, 6.07) is 15.5. The fourth-order valence-corrected chi connectivity index (χ4v) is 5.22. The number of carbonyl (C=O) groups excluding carboxylic acids is 2. The Bertz CT molecular complexity index is 927. The number of cyclic esters (lactones) is 1. The van der Waals surface area contributed by atoms with Gasteiger partial charge < -0.3 is 14.8 Å². The number of thioether (sulfide) groups is 1. The van der Waals surface area contributed by atoms with Crippen LogP contribution in [0.5, 0.6) is 5.75 Å². The van der Waals surface area contributed by atoms with Gasteiger partial charge in [0.25, 0.3) is 0 Å². The van der Waals surface area contributed by atoms with E-state index in [2.05, 4.69) is 22.3 Å². The monoisotopic (exact) mass is 455 g/mol. The van der Waals surface area contributed by atoms with Gasteiger partial charge in [-0.2, -0.15) is 0 Å². The molecule has 170 valence electrons. The van der Waals surface area contributed by atoms with Crippen LogP contribution in [0.2, 0.25) is 0 Å². The predicted octanol–water partition coefficient (Wildman–Crippen LogP) is 4.24. The number of nitrogens with one attached hydrogen (secondary N) is 1. The molecule has 1 atom stereocenters. The van der Waals surface area contributed by atoms with Crippen LogP contribution in [0.25, 0.3) is 0 Å². The Balaban J connectivity index is 1.22. The van der Waals surface area contributed by atoms with E-state index in [1.807, 2.05) is 48.2 Å². The van der Waals surface area contributed by atoms with Gasteiger partial charge in [0.05, 0.1) is 13.7 Å². The highest BCUT2D eigenvalue weighted by Gasteiger charge is 2.34. The number of ether oxygens (including phenoxy) is 2. The minimum atomic E-state index is -0.284. The highest BCUT2D eigenvalue weighted by molar-refractivity contribution is 8.00. The van der Waals surface area contributed by atoms with Crippen molar-refractivity contribution in [2.24, 2.45) is 0 Å². The van der Waals surface area contributed by atoms with Gasteiger partial charge >= 0.3 is 6.09 Å². The molecular formula is C24H29N3O4S. The molecule has 2 fully saturated rings. The lowest BCUT2D eigenvalue weighted by Gasteiger charge is -2.32. The zero-order chi connectivity index (χ0) is 22.5. The smallest absolute Gasteiger partial charge is 0.414 e. The van der Waals surface area contributed by atoms with Crippen LogP contribution in [0.3, 0.4) is 0 Å². The van der Waals surface area contributed by atoms with Crippen LogP contribution in [-0.2, 0) is 9.53 Å². The summed E-state index contributed by atoms with van der Waals surface area (Å²) in [6.45, 7) is 4.84. The standard InChI is InChI=1S/C24H29N3O4S/c1-17(28)25-18-3-9-22(10-4-18)32-23-11-13-26(14-12-23)15-21-16-27(24(29)31-21)19-5-7-20(30-2)8-6-19/h3-10,21,23H,11-16H2,1-2H3,(H,25,28)/t21-/m0/s1. The number of likely N-dealkylation sites (tertiary alicyclic amines) is 1. The Labute approximate surface area is 193 Å². The van der Waals surface area contributed by atoms with Crippen molar-refractivity contribution < 1.29 is 19.1 Å². The Morgan fingerprint density at radius 1 is 1.12 bits per heavy atom. The van der Waals surface area contributed by atoms with E-state index in [-0.39, 0.29) is 18.1 Å². The van der Waals surface area contributed by atoms with Crippen molar-refractivity contribution in [2.75, 3.05) is 43.5 Å². The minimum Gasteiger partial charge on any atom is -0.497 e. The predicted molar refractivity (Wildman–Crippen MR) is 127 cm³/mol. The molecule has 2 saturated heterocycles. The van der Waals surface area contributed by atoms with E-state index >= 15 is 0 Å². The maximum Gasteiger partial charge on any atom is 0.414 e. The van der Waals surface area contributed by atoms with Crippen LogP contribution in [0.4, 0.5) is 16.2 Å². The summed E-state index contributed by atoms with van der Waals surface area (Å²) in [5, 5.41) is 3.37. The Morgan fingerprint density at radius 2 is 1.81 bits per heavy atom. The van der Waals surface area contributed by atoms with Gasteiger partial charge in [-0.1, -0.05) is 0 Å². The summed E-state index contributed by atoms with van der Waals surface area (Å²) >= 11 is 1.89. The number of piperidine rings is 1. The number of benzene rings is 2. The molecule has 32 heavy (non-hydrogen) atoms. The van der Waals surface area contributed by atoms with Gasteiger partial charge in [-0.25, -0.2) is 4.79 Å². The molecule has 2 aliphatic heterocycles. The number of anilines is 2. The van der Waals surface area contributed by atoms with Gasteiger partial charge in [0.15, 0.2) is 0 Å². The lowest BCUT2D eigenvalue weighted by Crippen LogP contribution is -2.40. The fraction of sp³-hybridized carbons (Fsp3) is 0.417. The average Bonchev–Trinajstić information content (AvgIpc) is 3.16. The first-order valence-electron chi connectivity index (χ1n) is 10.9. The first-order valence-corrected chi connectivity index (χ1v) is 11.8. The van der Waals surface area contributed by atoms with Crippen LogP contribution >= 0.6 is 11.8 Å². The molecule has 0 bridgehead atoms. The Morgan fingerprint density at radius 3 is 2.44 bits per heavy atom. The number of methoxy groups -OCH3 is 1. The molecule has 0 aliphatic carbocycles. The third-order valence-electron chi connectivity index (χ3n) is 5.73. The van der Waals surface area contributed by atoms with Crippen molar-refractivity contribution >= 4 is 35.1 Å². The van der Waals surface area contributed by atoms with Gasteiger partial charge in [0.1, 0.15) is 11.9 Å². The van der Waals surface area contributed by atoms with Gasteiger partial charge in [0, 0.05) is 35.0 Å². The molecule has 4 rings (SSSR count). The minimum absolute atomic E-state index is 0.0576. The van der Waals surface area contributed by atoms with Crippen molar-refractivity contribution in [3.05, 3.63) is 48.5 Å². The summed E-state index contributed by atoms with van der Waals surface area (Å²) in [4.78, 5) is 28.8. The maximum absolute atomic E-state index is 12.3. The molecule has 1 N–H and O–H groups in total. The summed E-state index contributed by atoms with van der Waals surface area (Å²) in [5.74, 6) is 0.708. The number of nitrogens with zero attached hydrogens (tertiary/aromatic N) is 2. The Kier molecular flexibility index (Phi) is 7.22. The van der Waals surface area contributed by atoms with E-state index in [4.69, 9.17) is 9.47 Å². The van der Waals surface area contributed by atoms with Crippen LogP contribution in [0.1, 0.15) is 19.8 Å². The van der Waals surface area contributed by atoms with Crippen LogP contribution in [-0.4, -0.2) is 61.5 Å². The maximum atomic E-state index is 12.3. The number of hydrogen-bond acceptors (Lipinski definition) is 6. The summed E-state index contributed by atoms with van der Waals surface area (Å²) in [7, 11) is 1.63. The van der Waals surface area contributed by atoms with Crippen molar-refractivity contribution in [2.45, 2.75) is 36.0 Å². The fourth-order valence-electron chi connectivity index (χ4n) is 4.10. The normalized spacial score (nSPS) is 19.6. The molecule has 8 heteroatoms. The SMILES string of the molecule is COc1ccc(N2C[C@H](CN3CCC(Sc4ccc(NC(C)=O)cc4)CC3)OC2=O)cc1.